The summed E-state index contributed by atoms with van der Waals surface area (Å²) in [5.41, 5.74) is 3.67. The molecule has 270 valence electrons. The second kappa shape index (κ2) is 14.2. The van der Waals surface area contributed by atoms with Crippen molar-refractivity contribution >= 4 is 53.3 Å². The summed E-state index contributed by atoms with van der Waals surface area (Å²) in [6, 6.07) is 21.3. The number of nitrogens with zero attached hydrogens (tertiary/aromatic N) is 3. The van der Waals surface area contributed by atoms with Crippen molar-refractivity contribution < 1.29 is 29.0 Å². The second-order valence-corrected chi connectivity index (χ2v) is 20.2. The molecule has 0 radical (unpaired) electrons. The molecule has 3 aromatic rings. The fourth-order valence-electron chi connectivity index (χ4n) is 9.13. The summed E-state index contributed by atoms with van der Waals surface area (Å²) in [7, 11) is -3.00. The molecule has 0 saturated carbocycles. The molecule has 4 aliphatic rings. The van der Waals surface area contributed by atoms with Crippen LogP contribution in [-0.4, -0.2) is 66.1 Å². The van der Waals surface area contributed by atoms with Crippen LogP contribution in [0.5, 0.6) is 0 Å². The Bertz CT molecular complexity index is 1810. The normalized spacial score (nSPS) is 26.7. The molecule has 2 saturated heterocycles. The highest BCUT2D eigenvalue weighted by atomic mass is 79.9. The highest BCUT2D eigenvalue weighted by molar-refractivity contribution is 9.10. The summed E-state index contributed by atoms with van der Waals surface area (Å²) >= 11 is 3.63. The number of rotatable bonds is 7. The van der Waals surface area contributed by atoms with Crippen molar-refractivity contribution in [2.24, 2.45) is 5.92 Å². The fraction of sp³-hybridized carbons (Fsp3) is 0.475. The molecule has 0 aromatic heterocycles. The smallest absolute Gasteiger partial charge is 0.264 e. The van der Waals surface area contributed by atoms with Crippen molar-refractivity contribution in [3.8, 4) is 0 Å². The van der Waals surface area contributed by atoms with Gasteiger partial charge in [-0.3, -0.25) is 14.4 Å². The lowest BCUT2D eigenvalue weighted by Gasteiger charge is -2.37. The van der Waals surface area contributed by atoms with Crippen LogP contribution >= 0.6 is 15.9 Å². The first kappa shape index (κ1) is 36.0. The Kier molecular flexibility index (Phi) is 10.1. The number of halogens is 1. The van der Waals surface area contributed by atoms with Gasteiger partial charge in [-0.05, 0) is 79.4 Å². The maximum atomic E-state index is 14.9. The van der Waals surface area contributed by atoms with Gasteiger partial charge < -0.3 is 29.3 Å². The molecule has 4 aliphatic heterocycles. The highest BCUT2D eigenvalue weighted by Gasteiger charge is 2.66. The van der Waals surface area contributed by atoms with Crippen LogP contribution in [0, 0.1) is 5.92 Å². The van der Waals surface area contributed by atoms with Gasteiger partial charge in [-0.2, -0.15) is 0 Å². The maximum Gasteiger partial charge on any atom is 0.264 e. The summed E-state index contributed by atoms with van der Waals surface area (Å²) < 4.78 is 7.77. The molecule has 3 aromatic carbocycles. The molecule has 2 fully saturated rings. The lowest BCUT2D eigenvalue weighted by molar-refractivity contribution is -0.151. The zero-order valence-corrected chi connectivity index (χ0v) is 32.3. The molecule has 51 heavy (non-hydrogen) atoms. The van der Waals surface area contributed by atoms with Crippen molar-refractivity contribution in [1.82, 2.24) is 4.90 Å². The Morgan fingerprint density at radius 3 is 2.45 bits per heavy atom. The minimum Gasteiger partial charge on any atom is -0.432 e. The van der Waals surface area contributed by atoms with Gasteiger partial charge in [-0.15, -0.1) is 0 Å². The van der Waals surface area contributed by atoms with Gasteiger partial charge in [0.25, 0.3) is 5.91 Å². The Morgan fingerprint density at radius 1 is 1.00 bits per heavy atom. The van der Waals surface area contributed by atoms with Gasteiger partial charge in [0.15, 0.2) is 13.9 Å². The number of carbonyl (C=O) groups excluding carboxylic acids is 3. The zero-order valence-electron chi connectivity index (χ0n) is 29.7. The Hall–Kier alpha value is -3.35. The van der Waals surface area contributed by atoms with E-state index in [1.54, 1.807) is 9.80 Å². The highest BCUT2D eigenvalue weighted by Crippen LogP contribution is 2.60. The SMILES string of the molecule is C[C@@H]1[C@@H]([Si](C)(C)O)[C@H](CC(=O)N2Cc3ccccc3C[C@H]2CO)O[C@@]12C(=O)N(Cc1ccc(N3CCCCCCC3=O)cc1)c1ccc(Br)cc12. The van der Waals surface area contributed by atoms with Crippen LogP contribution in [0.1, 0.15) is 67.7 Å². The fourth-order valence-corrected chi connectivity index (χ4v) is 12.0. The van der Waals surface area contributed by atoms with Crippen molar-refractivity contribution in [1.29, 1.82) is 0 Å². The van der Waals surface area contributed by atoms with E-state index in [1.807, 2.05) is 91.6 Å². The second-order valence-electron chi connectivity index (χ2n) is 15.3. The molecule has 0 bridgehead atoms. The number of aliphatic hydroxyl groups excluding tert-OH is 1. The summed E-state index contributed by atoms with van der Waals surface area (Å²) in [5, 5.41) is 10.3. The van der Waals surface area contributed by atoms with Crippen molar-refractivity contribution in [2.45, 2.75) is 101 Å². The monoisotopic (exact) mass is 773 g/mol. The largest absolute Gasteiger partial charge is 0.432 e. The number of amides is 3. The van der Waals surface area contributed by atoms with Crippen LogP contribution in [0.3, 0.4) is 0 Å². The van der Waals surface area contributed by atoms with Gasteiger partial charge >= 0.3 is 0 Å². The quantitative estimate of drug-likeness (QED) is 0.268. The van der Waals surface area contributed by atoms with Crippen molar-refractivity contribution in [2.75, 3.05) is 23.0 Å². The van der Waals surface area contributed by atoms with E-state index in [4.69, 9.17) is 4.74 Å². The summed E-state index contributed by atoms with van der Waals surface area (Å²) in [6.45, 7) is 6.96. The number of hydrogen-bond acceptors (Lipinski definition) is 6. The molecule has 5 atom stereocenters. The van der Waals surface area contributed by atoms with E-state index in [0.717, 1.165) is 63.8 Å². The Labute approximate surface area is 309 Å². The number of benzene rings is 3. The number of anilines is 2. The molecule has 3 amide bonds. The molecular weight excluding hydrogens is 726 g/mol. The summed E-state index contributed by atoms with van der Waals surface area (Å²) in [5.74, 6) is -0.620. The van der Waals surface area contributed by atoms with Crippen molar-refractivity contribution in [3.63, 3.8) is 0 Å². The third-order valence-corrected chi connectivity index (χ3v) is 14.6. The minimum absolute atomic E-state index is 0.000285. The first-order valence-corrected chi connectivity index (χ1v) is 22.1. The topological polar surface area (TPSA) is 111 Å². The van der Waals surface area contributed by atoms with Gasteiger partial charge in [-0.25, -0.2) is 0 Å². The lowest BCUT2D eigenvalue weighted by atomic mass is 9.82. The minimum atomic E-state index is -3.00. The average Bonchev–Trinajstić information content (AvgIpc) is 3.52. The summed E-state index contributed by atoms with van der Waals surface area (Å²) in [6.07, 6.45) is 4.56. The molecule has 1 spiro atoms. The maximum absolute atomic E-state index is 14.9. The summed E-state index contributed by atoms with van der Waals surface area (Å²) in [4.78, 5) is 59.1. The van der Waals surface area contributed by atoms with Crippen LogP contribution in [0.4, 0.5) is 11.4 Å². The molecule has 2 N–H and O–H groups in total. The predicted octanol–water partition coefficient (Wildman–Crippen LogP) is 6.43. The first-order valence-electron chi connectivity index (χ1n) is 18.3. The Balaban J connectivity index is 1.17. The van der Waals surface area contributed by atoms with Gasteiger partial charge in [0.2, 0.25) is 11.8 Å². The predicted molar refractivity (Wildman–Crippen MR) is 203 cm³/mol. The Morgan fingerprint density at radius 2 is 1.73 bits per heavy atom. The van der Waals surface area contributed by atoms with E-state index >= 15 is 0 Å². The molecule has 7 rings (SSSR count). The van der Waals surface area contributed by atoms with Crippen LogP contribution < -0.4 is 9.80 Å². The molecular formula is C40H48BrN3O6Si. The lowest BCUT2D eigenvalue weighted by Crippen LogP contribution is -2.48. The molecule has 0 unspecified atom stereocenters. The first-order chi connectivity index (χ1) is 24.4. The van der Waals surface area contributed by atoms with E-state index < -0.39 is 31.5 Å². The van der Waals surface area contributed by atoms with Gasteiger partial charge in [0.1, 0.15) is 0 Å². The number of ether oxygens (including phenoxy) is 1. The third kappa shape index (κ3) is 6.61. The standard InChI is InChI=1S/C40H48BrN3O6Si/c1-26-38(51(2,3)49)35(22-37(47)43-24-29-11-8-7-10-28(29)20-32(43)25-45)50-40(26)33-21-30(41)15-18-34(33)44(39(40)48)23-27-13-16-31(17-14-27)42-19-9-5-4-6-12-36(42)46/h7-8,10-11,13-18,21,26,32,35,38,45,49H,4-6,9,12,19-20,22-25H2,1-3H3/t26-,32+,35+,38-,40+/m1/s1. The molecule has 9 nitrogen and oxygen atoms in total. The number of aliphatic hydroxyl groups is 1. The van der Waals surface area contributed by atoms with Crippen LogP contribution in [0.15, 0.2) is 71.2 Å². The number of hydrogen-bond donors (Lipinski definition) is 2. The molecule has 11 heteroatoms. The van der Waals surface area contributed by atoms with E-state index in [9.17, 15) is 24.3 Å². The van der Waals surface area contributed by atoms with E-state index in [0.29, 0.717) is 32.5 Å². The third-order valence-electron chi connectivity index (χ3n) is 11.6. The van der Waals surface area contributed by atoms with Gasteiger partial charge in [-0.1, -0.05) is 72.1 Å². The van der Waals surface area contributed by atoms with Gasteiger partial charge in [0, 0.05) is 46.7 Å². The average molecular weight is 775 g/mol. The van der Waals surface area contributed by atoms with Crippen LogP contribution in [0.25, 0.3) is 0 Å². The van der Waals surface area contributed by atoms with E-state index in [2.05, 4.69) is 15.9 Å². The molecule has 0 aliphatic carbocycles. The van der Waals surface area contributed by atoms with Crippen LogP contribution in [0.2, 0.25) is 18.6 Å². The van der Waals surface area contributed by atoms with E-state index in [-0.39, 0.29) is 36.8 Å². The zero-order chi connectivity index (χ0) is 36.1. The van der Waals surface area contributed by atoms with E-state index in [1.165, 1.54) is 0 Å². The molecule has 4 heterocycles. The van der Waals surface area contributed by atoms with Gasteiger partial charge in [0.05, 0.1) is 37.4 Å². The number of fused-ring (bicyclic) bond motifs is 3. The van der Waals surface area contributed by atoms with Crippen molar-refractivity contribution in [3.05, 3.63) is 93.5 Å². The number of carbonyl (C=O) groups is 3. The van der Waals surface area contributed by atoms with Crippen LogP contribution in [-0.2, 0) is 44.2 Å².